The summed E-state index contributed by atoms with van der Waals surface area (Å²) in [6.07, 6.45) is 8.38. The van der Waals surface area contributed by atoms with Gasteiger partial charge in [0.25, 0.3) is 0 Å². The molecule has 1 saturated carbocycles. The molecule has 1 spiro atoms. The van der Waals surface area contributed by atoms with Crippen LogP contribution in [0.5, 0.6) is 0 Å². The van der Waals surface area contributed by atoms with Gasteiger partial charge in [0.15, 0.2) is 0 Å². The van der Waals surface area contributed by atoms with Gasteiger partial charge in [-0.3, -0.25) is 0 Å². The first-order valence-electron chi connectivity index (χ1n) is 7.44. The predicted molar refractivity (Wildman–Crippen MR) is 85.8 cm³/mol. The highest BCUT2D eigenvalue weighted by atomic mass is 35.5. The molecule has 1 saturated heterocycles. The zero-order valence-electron chi connectivity index (χ0n) is 11.5. The first-order chi connectivity index (χ1) is 9.60. The summed E-state index contributed by atoms with van der Waals surface area (Å²) in [7, 11) is 0. The highest BCUT2D eigenvalue weighted by Gasteiger charge is 2.40. The van der Waals surface area contributed by atoms with Gasteiger partial charge in [-0.2, -0.15) is 0 Å². The van der Waals surface area contributed by atoms with Gasteiger partial charge in [0.05, 0.1) is 14.3 Å². The Bertz CT molecular complexity index is 465. The molecule has 2 fully saturated rings. The van der Waals surface area contributed by atoms with Crippen molar-refractivity contribution >= 4 is 34.5 Å². The molecule has 112 valence electrons. The topological polar surface area (TPSA) is 35.2 Å². The Morgan fingerprint density at radius 2 is 2.05 bits per heavy atom. The minimum Gasteiger partial charge on any atom is -0.375 e. The molecule has 2 N–H and O–H groups in total. The molecule has 0 bridgehead atoms. The average Bonchev–Trinajstić information content (AvgIpc) is 2.78. The van der Waals surface area contributed by atoms with Gasteiger partial charge in [0.1, 0.15) is 0 Å². The second-order valence-electron chi connectivity index (χ2n) is 6.15. The van der Waals surface area contributed by atoms with E-state index in [4.69, 9.17) is 33.7 Å². The Labute approximate surface area is 134 Å². The molecule has 1 aromatic heterocycles. The fourth-order valence-corrected chi connectivity index (χ4v) is 5.32. The van der Waals surface area contributed by atoms with Crippen molar-refractivity contribution in [2.45, 2.75) is 56.6 Å². The van der Waals surface area contributed by atoms with Crippen molar-refractivity contribution in [1.29, 1.82) is 0 Å². The monoisotopic (exact) mass is 333 g/mol. The molecule has 5 heteroatoms. The van der Waals surface area contributed by atoms with Crippen LogP contribution < -0.4 is 5.73 Å². The van der Waals surface area contributed by atoms with E-state index in [0.29, 0.717) is 5.92 Å². The average molecular weight is 334 g/mol. The summed E-state index contributed by atoms with van der Waals surface area (Å²) >= 11 is 13.7. The maximum Gasteiger partial charge on any atom is 0.0991 e. The van der Waals surface area contributed by atoms with E-state index >= 15 is 0 Å². The molecular weight excluding hydrogens is 313 g/mol. The van der Waals surface area contributed by atoms with Crippen molar-refractivity contribution in [2.24, 2.45) is 11.7 Å². The van der Waals surface area contributed by atoms with Gasteiger partial charge >= 0.3 is 0 Å². The molecule has 20 heavy (non-hydrogen) atoms. The fraction of sp³-hybridized carbons (Fsp3) is 0.733. The van der Waals surface area contributed by atoms with E-state index in [2.05, 4.69) is 0 Å². The summed E-state index contributed by atoms with van der Waals surface area (Å²) in [5.41, 5.74) is 7.58. The van der Waals surface area contributed by atoms with Crippen LogP contribution in [0.3, 0.4) is 0 Å². The second-order valence-corrected chi connectivity index (χ2v) is 8.44. The van der Waals surface area contributed by atoms with Gasteiger partial charge in [-0.1, -0.05) is 42.5 Å². The van der Waals surface area contributed by atoms with Crippen LogP contribution in [0.4, 0.5) is 0 Å². The Morgan fingerprint density at radius 3 is 2.70 bits per heavy atom. The zero-order chi connectivity index (χ0) is 14.2. The summed E-state index contributed by atoms with van der Waals surface area (Å²) in [6, 6.07) is 1.91. The van der Waals surface area contributed by atoms with Crippen molar-refractivity contribution in [3.8, 4) is 0 Å². The molecule has 2 aliphatic rings. The minimum atomic E-state index is -0.0195. The van der Waals surface area contributed by atoms with Crippen molar-refractivity contribution in [2.75, 3.05) is 6.61 Å². The number of thiophene rings is 1. The molecule has 2 unspecified atom stereocenters. The van der Waals surface area contributed by atoms with Gasteiger partial charge in [0.2, 0.25) is 0 Å². The number of hydrogen-bond acceptors (Lipinski definition) is 3. The molecule has 0 radical (unpaired) electrons. The lowest BCUT2D eigenvalue weighted by atomic mass is 9.73. The lowest BCUT2D eigenvalue weighted by Crippen LogP contribution is -2.44. The third-order valence-corrected chi connectivity index (χ3v) is 6.36. The standard InChI is InChI=1S/C15H21Cl2NOS/c16-12-8-11(14(17)20-12)13(18)10-4-7-19-15(9-10)5-2-1-3-6-15/h8,10,13H,1-7,9,18H2. The SMILES string of the molecule is NC(c1cc(Cl)sc1Cl)C1CCOC2(CCCCC2)C1. The smallest absolute Gasteiger partial charge is 0.0991 e. The van der Waals surface area contributed by atoms with E-state index < -0.39 is 0 Å². The summed E-state index contributed by atoms with van der Waals surface area (Å²) in [5.74, 6) is 0.449. The van der Waals surface area contributed by atoms with E-state index in [1.807, 2.05) is 6.07 Å². The van der Waals surface area contributed by atoms with Crippen molar-refractivity contribution in [3.05, 3.63) is 20.3 Å². The second kappa shape index (κ2) is 6.13. The Kier molecular flexibility index (Phi) is 4.63. The fourth-order valence-electron chi connectivity index (χ4n) is 3.75. The lowest BCUT2D eigenvalue weighted by Gasteiger charge is -2.45. The molecule has 0 aromatic carbocycles. The highest BCUT2D eigenvalue weighted by molar-refractivity contribution is 7.20. The lowest BCUT2D eigenvalue weighted by molar-refractivity contribution is -0.120. The number of rotatable bonds is 2. The van der Waals surface area contributed by atoms with Crippen LogP contribution >= 0.6 is 34.5 Å². The van der Waals surface area contributed by atoms with E-state index in [0.717, 1.165) is 33.7 Å². The Hall–Kier alpha value is 0.200. The summed E-state index contributed by atoms with van der Waals surface area (Å²) in [6.45, 7) is 0.827. The number of ether oxygens (including phenoxy) is 1. The molecular formula is C15H21Cl2NOS. The van der Waals surface area contributed by atoms with Crippen molar-refractivity contribution < 1.29 is 4.74 Å². The molecule has 2 nitrogen and oxygen atoms in total. The Balaban J connectivity index is 1.74. The van der Waals surface area contributed by atoms with E-state index in [1.54, 1.807) is 0 Å². The van der Waals surface area contributed by atoms with Crippen molar-refractivity contribution in [3.63, 3.8) is 0 Å². The van der Waals surface area contributed by atoms with Gasteiger partial charge < -0.3 is 10.5 Å². The molecule has 2 heterocycles. The summed E-state index contributed by atoms with van der Waals surface area (Å²) in [5, 5.41) is 0. The van der Waals surface area contributed by atoms with Crippen LogP contribution in [0.15, 0.2) is 6.07 Å². The van der Waals surface area contributed by atoms with Crippen LogP contribution in [0.2, 0.25) is 8.67 Å². The van der Waals surface area contributed by atoms with Gasteiger partial charge in [-0.25, -0.2) is 0 Å². The maximum atomic E-state index is 6.48. The third-order valence-electron chi connectivity index (χ3n) is 4.85. The van der Waals surface area contributed by atoms with E-state index in [1.165, 1.54) is 43.4 Å². The van der Waals surface area contributed by atoms with Gasteiger partial charge in [-0.05, 0) is 37.7 Å². The number of nitrogens with two attached hydrogens (primary N) is 1. The summed E-state index contributed by atoms with van der Waals surface area (Å²) < 4.78 is 7.61. The maximum absolute atomic E-state index is 6.48. The highest BCUT2D eigenvalue weighted by Crippen LogP contribution is 2.45. The molecule has 2 atom stereocenters. The Morgan fingerprint density at radius 1 is 1.30 bits per heavy atom. The molecule has 1 aliphatic heterocycles. The molecule has 0 amide bonds. The first-order valence-corrected chi connectivity index (χ1v) is 9.01. The van der Waals surface area contributed by atoms with E-state index in [-0.39, 0.29) is 11.6 Å². The quantitative estimate of drug-likeness (QED) is 0.808. The third kappa shape index (κ3) is 3.02. The number of halogens is 2. The van der Waals surface area contributed by atoms with Crippen LogP contribution in [0.1, 0.15) is 56.6 Å². The first kappa shape index (κ1) is 15.1. The molecule has 1 aliphatic carbocycles. The number of hydrogen-bond donors (Lipinski definition) is 1. The van der Waals surface area contributed by atoms with Crippen LogP contribution in [-0.4, -0.2) is 12.2 Å². The van der Waals surface area contributed by atoms with E-state index in [9.17, 15) is 0 Å². The zero-order valence-corrected chi connectivity index (χ0v) is 13.9. The van der Waals surface area contributed by atoms with Gasteiger partial charge in [0, 0.05) is 18.2 Å². The minimum absolute atomic E-state index is 0.0195. The van der Waals surface area contributed by atoms with Crippen LogP contribution in [-0.2, 0) is 4.74 Å². The van der Waals surface area contributed by atoms with Crippen LogP contribution in [0, 0.1) is 5.92 Å². The van der Waals surface area contributed by atoms with Crippen molar-refractivity contribution in [1.82, 2.24) is 0 Å². The largest absolute Gasteiger partial charge is 0.375 e. The summed E-state index contributed by atoms with van der Waals surface area (Å²) in [4.78, 5) is 0. The van der Waals surface area contributed by atoms with Crippen LogP contribution in [0.25, 0.3) is 0 Å². The predicted octanol–water partition coefficient (Wildman–Crippen LogP) is 5.18. The van der Waals surface area contributed by atoms with Gasteiger partial charge in [-0.15, -0.1) is 11.3 Å². The normalized spacial score (nSPS) is 27.6. The molecule has 3 rings (SSSR count). The molecule has 1 aromatic rings.